The standard InChI is InChI=1S/C15H17BN2O3/c1-11-6-7-13(16(19)20)9-17-10-15(18-11)12-4-3-5-14(8-12)21-2/h3-8,10,19-20H,9H2,1-2H3. The van der Waals surface area contributed by atoms with Gasteiger partial charge in [-0.3, -0.25) is 9.98 Å². The van der Waals surface area contributed by atoms with Gasteiger partial charge in [0, 0.05) is 17.5 Å². The number of ether oxygens (including phenoxy) is 1. The van der Waals surface area contributed by atoms with Crippen molar-refractivity contribution < 1.29 is 14.8 Å². The van der Waals surface area contributed by atoms with Gasteiger partial charge in [0.25, 0.3) is 0 Å². The second-order valence-corrected chi connectivity index (χ2v) is 4.62. The van der Waals surface area contributed by atoms with Gasteiger partial charge < -0.3 is 14.8 Å². The second kappa shape index (κ2) is 7.01. The molecule has 21 heavy (non-hydrogen) atoms. The van der Waals surface area contributed by atoms with Crippen LogP contribution in [0.25, 0.3) is 0 Å². The van der Waals surface area contributed by atoms with Crippen molar-refractivity contribution in [1.29, 1.82) is 0 Å². The first kappa shape index (κ1) is 15.2. The summed E-state index contributed by atoms with van der Waals surface area (Å²) in [6.07, 6.45) is 5.01. The zero-order valence-electron chi connectivity index (χ0n) is 12.0. The SMILES string of the molecule is COc1cccc(C2=NC(C)=CC=C(B(O)O)CN=C2)c1. The van der Waals surface area contributed by atoms with Crippen molar-refractivity contribution in [3.8, 4) is 5.75 Å². The van der Waals surface area contributed by atoms with E-state index >= 15 is 0 Å². The highest BCUT2D eigenvalue weighted by atomic mass is 16.5. The predicted molar refractivity (Wildman–Crippen MR) is 84.9 cm³/mol. The topological polar surface area (TPSA) is 74.4 Å². The van der Waals surface area contributed by atoms with E-state index in [2.05, 4.69) is 9.98 Å². The van der Waals surface area contributed by atoms with Crippen LogP contribution in [0.2, 0.25) is 0 Å². The fraction of sp³-hybridized carbons (Fsp3) is 0.200. The minimum atomic E-state index is -1.51. The first-order chi connectivity index (χ1) is 10.1. The van der Waals surface area contributed by atoms with Gasteiger partial charge in [-0.1, -0.05) is 18.2 Å². The van der Waals surface area contributed by atoms with Crippen LogP contribution in [0.4, 0.5) is 0 Å². The summed E-state index contributed by atoms with van der Waals surface area (Å²) in [5.74, 6) is 0.745. The van der Waals surface area contributed by atoms with E-state index < -0.39 is 7.12 Å². The molecule has 6 heteroatoms. The minimum Gasteiger partial charge on any atom is -0.497 e. The average molecular weight is 284 g/mol. The van der Waals surface area contributed by atoms with Crippen molar-refractivity contribution in [2.75, 3.05) is 13.7 Å². The summed E-state index contributed by atoms with van der Waals surface area (Å²) in [4.78, 5) is 8.72. The normalized spacial score (nSPS) is 15.1. The Bertz CT molecular complexity index is 634. The highest BCUT2D eigenvalue weighted by molar-refractivity contribution is 6.51. The molecule has 0 saturated heterocycles. The predicted octanol–water partition coefficient (Wildman–Crippen LogP) is 1.41. The van der Waals surface area contributed by atoms with Crippen molar-refractivity contribution >= 4 is 19.0 Å². The summed E-state index contributed by atoms with van der Waals surface area (Å²) in [6.45, 7) is 2.06. The third-order valence-corrected chi connectivity index (χ3v) is 3.02. The maximum absolute atomic E-state index is 9.25. The summed E-state index contributed by atoms with van der Waals surface area (Å²) in [7, 11) is 0.104. The fourth-order valence-corrected chi connectivity index (χ4v) is 1.86. The zero-order valence-corrected chi connectivity index (χ0v) is 12.0. The monoisotopic (exact) mass is 284 g/mol. The molecule has 0 amide bonds. The smallest absolute Gasteiger partial charge is 0.486 e. The Balaban J connectivity index is 2.36. The Hall–Kier alpha value is -2.18. The molecule has 1 aromatic rings. The summed E-state index contributed by atoms with van der Waals surface area (Å²) in [6, 6.07) is 7.55. The third kappa shape index (κ3) is 4.14. The van der Waals surface area contributed by atoms with Crippen LogP contribution in [0.5, 0.6) is 5.75 Å². The van der Waals surface area contributed by atoms with Crippen LogP contribution >= 0.6 is 0 Å². The van der Waals surface area contributed by atoms with Crippen molar-refractivity contribution in [3.05, 3.63) is 53.2 Å². The quantitative estimate of drug-likeness (QED) is 0.824. The van der Waals surface area contributed by atoms with Crippen molar-refractivity contribution in [2.24, 2.45) is 9.98 Å². The Morgan fingerprint density at radius 1 is 1.24 bits per heavy atom. The molecule has 0 aromatic heterocycles. The largest absolute Gasteiger partial charge is 0.497 e. The molecule has 2 rings (SSSR count). The molecule has 0 atom stereocenters. The maximum atomic E-state index is 9.25. The molecule has 108 valence electrons. The van der Waals surface area contributed by atoms with Gasteiger partial charge in [0.2, 0.25) is 0 Å². The number of methoxy groups -OCH3 is 1. The maximum Gasteiger partial charge on any atom is 0.486 e. The number of hydrogen-bond donors (Lipinski definition) is 2. The molecule has 0 fully saturated rings. The number of benzene rings is 1. The second-order valence-electron chi connectivity index (χ2n) is 4.62. The highest BCUT2D eigenvalue weighted by Crippen LogP contribution is 2.15. The van der Waals surface area contributed by atoms with E-state index in [1.54, 1.807) is 25.5 Å². The lowest BCUT2D eigenvalue weighted by Gasteiger charge is -2.05. The van der Waals surface area contributed by atoms with Gasteiger partial charge in [-0.15, -0.1) is 0 Å². The molecule has 1 aromatic carbocycles. The van der Waals surface area contributed by atoms with Crippen LogP contribution in [0.1, 0.15) is 12.5 Å². The van der Waals surface area contributed by atoms with Crippen LogP contribution in [-0.4, -0.2) is 42.7 Å². The molecule has 5 nitrogen and oxygen atoms in total. The zero-order chi connectivity index (χ0) is 15.2. The van der Waals surface area contributed by atoms with Gasteiger partial charge in [0.1, 0.15) is 5.75 Å². The van der Waals surface area contributed by atoms with Crippen LogP contribution < -0.4 is 4.74 Å². The molecule has 1 aliphatic heterocycles. The van der Waals surface area contributed by atoms with E-state index in [0.29, 0.717) is 11.2 Å². The average Bonchev–Trinajstić information content (AvgIpc) is 2.57. The molecule has 0 spiro atoms. The number of rotatable bonds is 3. The molecule has 2 N–H and O–H groups in total. The van der Waals surface area contributed by atoms with E-state index in [9.17, 15) is 10.0 Å². The van der Waals surface area contributed by atoms with E-state index in [1.807, 2.05) is 31.2 Å². The molecule has 0 unspecified atom stereocenters. The summed E-state index contributed by atoms with van der Waals surface area (Å²) in [5.41, 5.74) is 2.76. The number of hydrogen-bond acceptors (Lipinski definition) is 5. The third-order valence-electron chi connectivity index (χ3n) is 3.02. The highest BCUT2D eigenvalue weighted by Gasteiger charge is 2.14. The van der Waals surface area contributed by atoms with E-state index in [1.165, 1.54) is 0 Å². The summed E-state index contributed by atoms with van der Waals surface area (Å²) < 4.78 is 5.21. The van der Waals surface area contributed by atoms with Crippen LogP contribution in [0, 0.1) is 0 Å². The molecule has 1 aliphatic rings. The fourth-order valence-electron chi connectivity index (χ4n) is 1.86. The Morgan fingerprint density at radius 2 is 2.05 bits per heavy atom. The molecular weight excluding hydrogens is 267 g/mol. The molecule has 0 saturated carbocycles. The summed E-state index contributed by atoms with van der Waals surface area (Å²) >= 11 is 0. The van der Waals surface area contributed by atoms with E-state index in [4.69, 9.17) is 4.74 Å². The van der Waals surface area contributed by atoms with Crippen LogP contribution in [0.15, 0.2) is 57.6 Å². The van der Waals surface area contributed by atoms with Gasteiger partial charge in [-0.05, 0) is 30.6 Å². The first-order valence-electron chi connectivity index (χ1n) is 6.56. The molecule has 0 radical (unpaired) electrons. The number of allylic oxidation sites excluding steroid dienone is 3. The van der Waals surface area contributed by atoms with Gasteiger partial charge in [0.15, 0.2) is 0 Å². The Labute approximate surface area is 124 Å². The van der Waals surface area contributed by atoms with Crippen molar-refractivity contribution in [1.82, 2.24) is 0 Å². The number of nitrogens with zero attached hydrogens (tertiary/aromatic N) is 2. The summed E-state index contributed by atoms with van der Waals surface area (Å²) in [5, 5.41) is 18.5. The lowest BCUT2D eigenvalue weighted by molar-refractivity contribution is 0.414. The Kier molecular flexibility index (Phi) is 5.08. The van der Waals surface area contributed by atoms with E-state index in [-0.39, 0.29) is 6.54 Å². The molecule has 0 aliphatic carbocycles. The van der Waals surface area contributed by atoms with Gasteiger partial charge in [0.05, 0.1) is 19.4 Å². The van der Waals surface area contributed by atoms with E-state index in [0.717, 1.165) is 17.0 Å². The molecule has 0 bridgehead atoms. The van der Waals surface area contributed by atoms with Crippen molar-refractivity contribution in [2.45, 2.75) is 6.92 Å². The molecular formula is C15H17BN2O3. The van der Waals surface area contributed by atoms with Gasteiger partial charge >= 0.3 is 7.12 Å². The van der Waals surface area contributed by atoms with Gasteiger partial charge in [-0.25, -0.2) is 0 Å². The molecule has 1 heterocycles. The van der Waals surface area contributed by atoms with Crippen LogP contribution in [-0.2, 0) is 0 Å². The van der Waals surface area contributed by atoms with Crippen LogP contribution in [0.3, 0.4) is 0 Å². The number of aliphatic imine (C=N–C) groups is 2. The minimum absolute atomic E-state index is 0.213. The Morgan fingerprint density at radius 3 is 2.76 bits per heavy atom. The lowest BCUT2D eigenvalue weighted by Crippen LogP contribution is -2.17. The van der Waals surface area contributed by atoms with Gasteiger partial charge in [-0.2, -0.15) is 0 Å². The first-order valence-corrected chi connectivity index (χ1v) is 6.56. The lowest BCUT2D eigenvalue weighted by atomic mass is 9.79. The van der Waals surface area contributed by atoms with Crippen molar-refractivity contribution in [3.63, 3.8) is 0 Å².